The monoisotopic (exact) mass is 551 g/mol. The van der Waals surface area contributed by atoms with Crippen LogP contribution in [0.4, 0.5) is 11.5 Å². The van der Waals surface area contributed by atoms with Gasteiger partial charge in [-0.25, -0.2) is 9.97 Å². The van der Waals surface area contributed by atoms with Crippen LogP contribution >= 0.6 is 0 Å². The molecule has 0 radical (unpaired) electrons. The van der Waals surface area contributed by atoms with E-state index in [1.165, 1.54) is 0 Å². The molecule has 2 bridgehead atoms. The van der Waals surface area contributed by atoms with Crippen molar-refractivity contribution in [1.29, 1.82) is 0 Å². The number of imidazole rings is 1. The fourth-order valence-corrected chi connectivity index (χ4v) is 6.30. The number of rotatable bonds is 11. The highest BCUT2D eigenvalue weighted by Crippen LogP contribution is 2.58. The topological polar surface area (TPSA) is 91.2 Å². The Balaban J connectivity index is 0.994. The van der Waals surface area contributed by atoms with Gasteiger partial charge in [0.05, 0.1) is 33.0 Å². The average molecular weight is 552 g/mol. The number of ether oxygens (including phenoxy) is 4. The molecule has 1 aliphatic carbocycles. The molecule has 2 aliphatic heterocycles. The van der Waals surface area contributed by atoms with E-state index < -0.39 is 0 Å². The van der Waals surface area contributed by atoms with Crippen molar-refractivity contribution < 1.29 is 18.9 Å². The van der Waals surface area contributed by atoms with E-state index in [0.717, 1.165) is 76.7 Å². The van der Waals surface area contributed by atoms with Crippen LogP contribution < -0.4 is 24.8 Å². The summed E-state index contributed by atoms with van der Waals surface area (Å²) >= 11 is 0. The largest absolute Gasteiger partial charge is 0.497 e. The van der Waals surface area contributed by atoms with Crippen molar-refractivity contribution in [1.82, 2.24) is 14.4 Å². The molecule has 5 aromatic rings. The highest BCUT2D eigenvalue weighted by atomic mass is 16.5. The summed E-state index contributed by atoms with van der Waals surface area (Å²) in [5.74, 6) is 3.21. The minimum atomic E-state index is -0.155. The van der Waals surface area contributed by atoms with E-state index in [4.69, 9.17) is 18.9 Å². The zero-order chi connectivity index (χ0) is 27.9. The molecule has 0 unspecified atom stereocenters. The van der Waals surface area contributed by atoms with Crippen molar-refractivity contribution in [3.05, 3.63) is 84.9 Å². The van der Waals surface area contributed by atoms with Gasteiger partial charge in [-0.3, -0.25) is 0 Å². The third-order valence-electron chi connectivity index (χ3n) is 8.34. The fraction of sp³-hybridized carbons (Fsp3) is 0.312. The zero-order valence-corrected chi connectivity index (χ0v) is 23.2. The van der Waals surface area contributed by atoms with E-state index in [1.54, 1.807) is 20.4 Å². The molecule has 3 aliphatic rings. The van der Waals surface area contributed by atoms with Gasteiger partial charge in [0.2, 0.25) is 0 Å². The number of aromatic nitrogens is 3. The van der Waals surface area contributed by atoms with Gasteiger partial charge in [0.1, 0.15) is 28.7 Å². The summed E-state index contributed by atoms with van der Waals surface area (Å²) in [6.45, 7) is 2.71. The van der Waals surface area contributed by atoms with Crippen molar-refractivity contribution in [3.8, 4) is 17.2 Å². The number of hydrogen-bond donors (Lipinski definition) is 2. The Morgan fingerprint density at radius 2 is 1.83 bits per heavy atom. The minimum absolute atomic E-state index is 0.0749. The van der Waals surface area contributed by atoms with Crippen LogP contribution in [0.25, 0.3) is 16.4 Å². The molecule has 5 heterocycles. The van der Waals surface area contributed by atoms with Gasteiger partial charge >= 0.3 is 0 Å². The summed E-state index contributed by atoms with van der Waals surface area (Å²) in [4.78, 5) is 8.98. The minimum Gasteiger partial charge on any atom is -0.497 e. The third-order valence-corrected chi connectivity index (χ3v) is 8.34. The van der Waals surface area contributed by atoms with Crippen LogP contribution in [0.3, 0.4) is 0 Å². The zero-order valence-electron chi connectivity index (χ0n) is 23.2. The Labute approximate surface area is 238 Å². The van der Waals surface area contributed by atoms with Gasteiger partial charge in [0.15, 0.2) is 0 Å². The molecular weight excluding hydrogens is 518 g/mol. The van der Waals surface area contributed by atoms with Crippen molar-refractivity contribution >= 4 is 27.9 Å². The lowest BCUT2D eigenvalue weighted by Crippen LogP contribution is -2.51. The van der Waals surface area contributed by atoms with Gasteiger partial charge in [-0.05, 0) is 43.2 Å². The van der Waals surface area contributed by atoms with Crippen LogP contribution in [0.1, 0.15) is 18.4 Å². The molecule has 1 saturated carbocycles. The first-order chi connectivity index (χ1) is 20.1. The Bertz CT molecular complexity index is 1710. The molecule has 9 heteroatoms. The van der Waals surface area contributed by atoms with E-state index in [9.17, 15) is 0 Å². The first kappa shape index (κ1) is 25.5. The molecule has 41 heavy (non-hydrogen) atoms. The number of nitrogens with one attached hydrogen (secondary N) is 2. The first-order valence-corrected chi connectivity index (χ1v) is 13.8. The Morgan fingerprint density at radius 1 is 0.902 bits per heavy atom. The predicted molar refractivity (Wildman–Crippen MR) is 158 cm³/mol. The molecule has 9 nitrogen and oxygen atoms in total. The lowest BCUT2D eigenvalue weighted by molar-refractivity contribution is -0.0134. The van der Waals surface area contributed by atoms with Gasteiger partial charge in [-0.15, -0.1) is 0 Å². The molecule has 210 valence electrons. The average Bonchev–Trinajstić information content (AvgIpc) is 3.71. The summed E-state index contributed by atoms with van der Waals surface area (Å²) in [7, 11) is 3.32. The SMILES string of the molecule is COc1ccc(CNc2nccc3c(NCC45CC(COc6ccn7ccnc7c6)(CO4)C5)cccc23)c(OC)c1. The standard InChI is InChI=1S/C32H33N5O4/c1-38-23-7-6-22(28(14-23)39-2)16-35-30-26-4-3-5-27(25(26)8-10-34-30)36-19-32-17-31(18-32,21-41-32)20-40-24-9-12-37-13-11-33-29(37)15-24/h3-15,36H,16-21H2,1-2H3,(H,34,35). The van der Waals surface area contributed by atoms with Crippen LogP contribution in [-0.4, -0.2) is 53.9 Å². The number of anilines is 2. The molecule has 2 saturated heterocycles. The maximum atomic E-state index is 6.34. The maximum Gasteiger partial charge on any atom is 0.140 e. The van der Waals surface area contributed by atoms with Gasteiger partial charge in [0, 0.05) is 77.4 Å². The number of hydrogen-bond acceptors (Lipinski definition) is 8. The van der Waals surface area contributed by atoms with Crippen molar-refractivity contribution in [3.63, 3.8) is 0 Å². The number of benzene rings is 2. The van der Waals surface area contributed by atoms with E-state index in [-0.39, 0.29) is 11.0 Å². The summed E-state index contributed by atoms with van der Waals surface area (Å²) < 4.78 is 25.4. The second kappa shape index (κ2) is 10.2. The molecular formula is C32H33N5O4. The summed E-state index contributed by atoms with van der Waals surface area (Å²) in [6.07, 6.45) is 9.52. The van der Waals surface area contributed by atoms with Crippen LogP contribution in [0.5, 0.6) is 17.2 Å². The lowest BCUT2D eigenvalue weighted by Gasteiger charge is -2.44. The van der Waals surface area contributed by atoms with Crippen LogP contribution in [0.2, 0.25) is 0 Å². The second-order valence-corrected chi connectivity index (χ2v) is 11.1. The summed E-state index contributed by atoms with van der Waals surface area (Å²) in [5, 5.41) is 9.35. The van der Waals surface area contributed by atoms with Crippen LogP contribution in [-0.2, 0) is 11.3 Å². The Morgan fingerprint density at radius 3 is 2.71 bits per heavy atom. The highest BCUT2D eigenvalue weighted by molar-refractivity contribution is 5.99. The summed E-state index contributed by atoms with van der Waals surface area (Å²) in [6, 6.07) is 18.1. The smallest absolute Gasteiger partial charge is 0.140 e. The number of fused-ring (bicyclic) bond motifs is 3. The Hall–Kier alpha value is -4.50. The molecule has 0 atom stereocenters. The lowest BCUT2D eigenvalue weighted by atomic mass is 9.63. The molecule has 0 amide bonds. The summed E-state index contributed by atoms with van der Waals surface area (Å²) in [5.41, 5.74) is 2.90. The molecule has 3 fully saturated rings. The van der Waals surface area contributed by atoms with E-state index >= 15 is 0 Å². The van der Waals surface area contributed by atoms with Crippen molar-refractivity contribution in [2.24, 2.45) is 5.41 Å². The molecule has 3 aromatic heterocycles. The Kier molecular flexibility index (Phi) is 6.31. The number of nitrogens with zero attached hydrogens (tertiary/aromatic N) is 3. The van der Waals surface area contributed by atoms with Crippen molar-refractivity contribution in [2.75, 3.05) is 44.6 Å². The highest BCUT2D eigenvalue weighted by Gasteiger charge is 2.62. The molecule has 0 spiro atoms. The van der Waals surface area contributed by atoms with Gasteiger partial charge in [0.25, 0.3) is 0 Å². The van der Waals surface area contributed by atoms with E-state index in [2.05, 4.69) is 44.9 Å². The maximum absolute atomic E-state index is 6.34. The second-order valence-electron chi connectivity index (χ2n) is 11.1. The third kappa shape index (κ3) is 4.76. The van der Waals surface area contributed by atoms with E-state index in [0.29, 0.717) is 13.2 Å². The van der Waals surface area contributed by atoms with E-state index in [1.807, 2.05) is 53.3 Å². The first-order valence-electron chi connectivity index (χ1n) is 13.8. The van der Waals surface area contributed by atoms with Crippen molar-refractivity contribution in [2.45, 2.75) is 25.0 Å². The molecule has 8 rings (SSSR count). The quantitative estimate of drug-likeness (QED) is 0.221. The van der Waals surface area contributed by atoms with Gasteiger partial charge < -0.3 is 34.0 Å². The van der Waals surface area contributed by atoms with Gasteiger partial charge in [-0.2, -0.15) is 0 Å². The predicted octanol–water partition coefficient (Wildman–Crippen LogP) is 5.55. The van der Waals surface area contributed by atoms with Gasteiger partial charge in [-0.1, -0.05) is 12.1 Å². The molecule has 2 N–H and O–H groups in total. The normalized spacial score (nSPS) is 21.0. The number of methoxy groups -OCH3 is 2. The molecule has 2 aromatic carbocycles. The van der Waals surface area contributed by atoms with Crippen LogP contribution in [0, 0.1) is 5.41 Å². The fourth-order valence-electron chi connectivity index (χ4n) is 6.30. The number of pyridine rings is 2. The van der Waals surface area contributed by atoms with Crippen LogP contribution in [0.15, 0.2) is 79.4 Å².